The van der Waals surface area contributed by atoms with E-state index in [1.165, 1.54) is 47.7 Å². The Kier molecular flexibility index (Phi) is 6.09. The lowest BCUT2D eigenvalue weighted by molar-refractivity contribution is -0.143. The van der Waals surface area contributed by atoms with Crippen molar-refractivity contribution >= 4 is 16.9 Å². The van der Waals surface area contributed by atoms with Gasteiger partial charge in [0, 0.05) is 24.2 Å². The number of piperidine rings is 2. The number of benzene rings is 1. The van der Waals surface area contributed by atoms with Gasteiger partial charge in [-0.2, -0.15) is 0 Å². The van der Waals surface area contributed by atoms with Gasteiger partial charge in [-0.25, -0.2) is 4.79 Å². The predicted octanol–water partition coefficient (Wildman–Crippen LogP) is 4.25. The van der Waals surface area contributed by atoms with Crippen LogP contribution in [0.1, 0.15) is 84.1 Å². The van der Waals surface area contributed by atoms with Crippen LogP contribution >= 0.6 is 0 Å². The number of carbonyl (C=O) groups excluding carboxylic acids is 1. The largest absolute Gasteiger partial charge is 0.465 e. The van der Waals surface area contributed by atoms with Crippen molar-refractivity contribution in [1.29, 1.82) is 0 Å². The first-order valence-electron chi connectivity index (χ1n) is 14.1. The number of para-hydroxylation sites is 1. The van der Waals surface area contributed by atoms with Gasteiger partial charge in [0.15, 0.2) is 0 Å². The van der Waals surface area contributed by atoms with Gasteiger partial charge in [0.1, 0.15) is 6.54 Å². The second-order valence-electron chi connectivity index (χ2n) is 12.0. The summed E-state index contributed by atoms with van der Waals surface area (Å²) in [6.45, 7) is 4.34. The molecule has 2 saturated heterocycles. The number of aromatic nitrogens is 2. The van der Waals surface area contributed by atoms with Crippen LogP contribution in [0.5, 0.6) is 0 Å². The maximum absolute atomic E-state index is 13.8. The first-order valence-corrected chi connectivity index (χ1v) is 14.1. The molecule has 3 aliphatic carbocycles. The lowest BCUT2D eigenvalue weighted by atomic mass is 9.57. The van der Waals surface area contributed by atoms with Crippen molar-refractivity contribution < 1.29 is 9.53 Å². The molecule has 1 aromatic carbocycles. The van der Waals surface area contributed by atoms with Crippen molar-refractivity contribution in [3.63, 3.8) is 0 Å². The fourth-order valence-corrected chi connectivity index (χ4v) is 8.25. The van der Waals surface area contributed by atoms with E-state index in [9.17, 15) is 14.4 Å². The van der Waals surface area contributed by atoms with Crippen LogP contribution < -0.4 is 11.2 Å². The predicted molar refractivity (Wildman–Crippen MR) is 139 cm³/mol. The Morgan fingerprint density at radius 1 is 1.00 bits per heavy atom. The van der Waals surface area contributed by atoms with Gasteiger partial charge in [-0.1, -0.05) is 25.5 Å². The normalized spacial score (nSPS) is 34.1. The Labute approximate surface area is 212 Å². The minimum atomic E-state index is -0.456. The molecule has 0 N–H and O–H groups in total. The lowest BCUT2D eigenvalue weighted by Crippen LogP contribution is -2.64. The van der Waals surface area contributed by atoms with Gasteiger partial charge in [0.05, 0.1) is 17.5 Å². The van der Waals surface area contributed by atoms with Crippen LogP contribution in [-0.2, 0) is 16.1 Å². The molecule has 3 heterocycles. The summed E-state index contributed by atoms with van der Waals surface area (Å²) in [5, 5.41) is 0.492. The highest BCUT2D eigenvalue weighted by molar-refractivity contribution is 5.80. The molecule has 194 valence electrons. The molecule has 4 atom stereocenters. The molecule has 2 aromatic rings. The minimum absolute atomic E-state index is 0.136. The van der Waals surface area contributed by atoms with Crippen LogP contribution in [0.25, 0.3) is 10.9 Å². The molecule has 3 saturated carbocycles. The summed E-state index contributed by atoms with van der Waals surface area (Å²) in [7, 11) is 0. The molecular weight excluding hydrogens is 454 g/mol. The number of esters is 1. The quantitative estimate of drug-likeness (QED) is 0.582. The summed E-state index contributed by atoms with van der Waals surface area (Å²) in [4.78, 5) is 42.7. The van der Waals surface area contributed by atoms with Crippen molar-refractivity contribution in [3.8, 4) is 0 Å². The summed E-state index contributed by atoms with van der Waals surface area (Å²) in [6, 6.07) is 8.47. The molecular formula is C29H39N3O4. The van der Waals surface area contributed by atoms with E-state index in [0.717, 1.165) is 31.6 Å². The smallest absolute Gasteiger partial charge is 0.332 e. The highest BCUT2D eigenvalue weighted by Gasteiger charge is 2.52. The third-order valence-corrected chi connectivity index (χ3v) is 10.0. The van der Waals surface area contributed by atoms with Crippen LogP contribution in [0.15, 0.2) is 33.9 Å². The van der Waals surface area contributed by atoms with Gasteiger partial charge in [0.2, 0.25) is 0 Å². The van der Waals surface area contributed by atoms with E-state index in [1.54, 1.807) is 25.1 Å². The number of ether oxygens (including phenoxy) is 1. The molecule has 0 amide bonds. The average molecular weight is 494 g/mol. The van der Waals surface area contributed by atoms with Crippen LogP contribution in [0.4, 0.5) is 0 Å². The molecule has 1 unspecified atom stereocenters. The summed E-state index contributed by atoms with van der Waals surface area (Å²) in [5.41, 5.74) is 0.296. The zero-order valence-corrected chi connectivity index (χ0v) is 21.7. The van der Waals surface area contributed by atoms with Gasteiger partial charge in [0.25, 0.3) is 5.56 Å². The molecule has 5 fully saturated rings. The maximum atomic E-state index is 13.8. The monoisotopic (exact) mass is 493 g/mol. The molecule has 7 heteroatoms. The molecule has 2 aliphatic heterocycles. The van der Waals surface area contributed by atoms with Crippen molar-refractivity contribution in [2.75, 3.05) is 6.61 Å². The number of fused-ring (bicyclic) bond motifs is 7. The van der Waals surface area contributed by atoms with Crippen LogP contribution in [0, 0.1) is 11.3 Å². The van der Waals surface area contributed by atoms with Gasteiger partial charge in [-0.15, -0.1) is 0 Å². The Morgan fingerprint density at radius 3 is 2.36 bits per heavy atom. The van der Waals surface area contributed by atoms with E-state index >= 15 is 0 Å². The number of rotatable bonds is 5. The molecule has 0 radical (unpaired) electrons. The molecule has 4 bridgehead atoms. The summed E-state index contributed by atoms with van der Waals surface area (Å²) in [6.07, 6.45) is 11.9. The molecule has 7 nitrogen and oxygen atoms in total. The number of hydrogen-bond acceptors (Lipinski definition) is 5. The van der Waals surface area contributed by atoms with E-state index < -0.39 is 5.97 Å². The fraction of sp³-hybridized carbons (Fsp3) is 0.690. The highest BCUT2D eigenvalue weighted by Crippen LogP contribution is 2.55. The Hall–Kier alpha value is -2.41. The fourth-order valence-electron chi connectivity index (χ4n) is 8.25. The van der Waals surface area contributed by atoms with E-state index in [1.807, 2.05) is 6.07 Å². The Balaban J connectivity index is 1.37. The van der Waals surface area contributed by atoms with Crippen LogP contribution in [-0.4, -0.2) is 44.7 Å². The topological polar surface area (TPSA) is 73.5 Å². The number of carbonyl (C=O) groups is 1. The summed E-state index contributed by atoms with van der Waals surface area (Å²) < 4.78 is 8.08. The van der Waals surface area contributed by atoms with Crippen molar-refractivity contribution in [3.05, 3.63) is 45.1 Å². The Bertz CT molecular complexity index is 1260. The zero-order chi connectivity index (χ0) is 25.0. The Morgan fingerprint density at radius 2 is 1.69 bits per heavy atom. The third kappa shape index (κ3) is 3.85. The van der Waals surface area contributed by atoms with E-state index in [4.69, 9.17) is 4.74 Å². The van der Waals surface area contributed by atoms with Crippen molar-refractivity contribution in [1.82, 2.24) is 14.0 Å². The van der Waals surface area contributed by atoms with E-state index in [2.05, 4.69) is 11.8 Å². The average Bonchev–Trinajstić information content (AvgIpc) is 2.86. The molecule has 0 spiro atoms. The third-order valence-electron chi connectivity index (χ3n) is 10.0. The van der Waals surface area contributed by atoms with E-state index in [0.29, 0.717) is 34.4 Å². The summed E-state index contributed by atoms with van der Waals surface area (Å²) >= 11 is 0. The van der Waals surface area contributed by atoms with E-state index in [-0.39, 0.29) is 30.4 Å². The number of nitrogens with zero attached hydrogens (tertiary/aromatic N) is 3. The SMILES string of the molecule is CCOC(=O)Cn1c(=O)n(C2C[C@H]3CCC[C@@H](C2)N3[C@@H]2CC3CCC2(C)CC3)c(=O)c2ccccc21. The van der Waals surface area contributed by atoms with Crippen LogP contribution in [0.3, 0.4) is 0 Å². The first-order chi connectivity index (χ1) is 17.4. The lowest BCUT2D eigenvalue weighted by Gasteiger charge is -2.61. The van der Waals surface area contributed by atoms with Gasteiger partial charge in [-0.05, 0) is 88.2 Å². The summed E-state index contributed by atoms with van der Waals surface area (Å²) in [5.74, 6) is 0.413. The maximum Gasteiger partial charge on any atom is 0.332 e. The van der Waals surface area contributed by atoms with Crippen molar-refractivity contribution in [2.24, 2.45) is 11.3 Å². The van der Waals surface area contributed by atoms with Crippen molar-refractivity contribution in [2.45, 2.75) is 109 Å². The zero-order valence-electron chi connectivity index (χ0n) is 21.7. The van der Waals surface area contributed by atoms with Crippen LogP contribution in [0.2, 0.25) is 0 Å². The minimum Gasteiger partial charge on any atom is -0.465 e. The second-order valence-corrected chi connectivity index (χ2v) is 12.0. The molecule has 36 heavy (non-hydrogen) atoms. The highest BCUT2D eigenvalue weighted by atomic mass is 16.5. The number of hydrogen-bond donors (Lipinski definition) is 0. The standard InChI is InChI=1S/C29H39N3O4/c1-3-36-26(33)18-30-24-10-5-4-9-23(24)27(34)32(28(30)35)22-16-20-7-6-8-21(17-22)31(20)25-15-19-11-13-29(25,2)14-12-19/h4-5,9-10,19-22,25H,3,6-8,11-18H2,1-2H3/t19?,20-,21+,22?,25-,29?/m1/s1. The second kappa shape index (κ2) is 9.16. The molecule has 1 aromatic heterocycles. The van der Waals surface area contributed by atoms with Gasteiger partial charge < -0.3 is 4.74 Å². The van der Waals surface area contributed by atoms with Gasteiger partial charge in [-0.3, -0.25) is 23.6 Å². The molecule has 7 rings (SSSR count). The van der Waals surface area contributed by atoms with Gasteiger partial charge >= 0.3 is 11.7 Å². The first kappa shape index (κ1) is 24.0. The molecule has 5 aliphatic rings.